The molecule has 1 saturated carbocycles. The normalized spacial score (nSPS) is 25.9. The van der Waals surface area contributed by atoms with Gasteiger partial charge in [0.1, 0.15) is 0 Å². The maximum atomic E-state index is 12.9. The zero-order valence-corrected chi connectivity index (χ0v) is 19.0. The molecule has 29 heavy (non-hydrogen) atoms. The number of aliphatic hydroxyl groups is 1. The Balaban J connectivity index is 1.57. The molecule has 0 radical (unpaired) electrons. The highest BCUT2D eigenvalue weighted by Gasteiger charge is 2.45. The van der Waals surface area contributed by atoms with Crippen LogP contribution in [0.3, 0.4) is 0 Å². The van der Waals surface area contributed by atoms with Crippen LogP contribution < -0.4 is 5.32 Å². The van der Waals surface area contributed by atoms with Crippen LogP contribution in [0.2, 0.25) is 0 Å². The Morgan fingerprint density at radius 2 is 1.72 bits per heavy atom. The molecule has 0 spiro atoms. The summed E-state index contributed by atoms with van der Waals surface area (Å²) in [5, 5.41) is 14.1. The second-order valence-electron chi connectivity index (χ2n) is 8.36. The predicted octanol–water partition coefficient (Wildman–Crippen LogP) is 6.26. The van der Waals surface area contributed by atoms with Crippen LogP contribution in [-0.4, -0.2) is 17.0 Å². The van der Waals surface area contributed by atoms with Gasteiger partial charge in [0.25, 0.3) is 0 Å². The number of halogens is 1. The van der Waals surface area contributed by atoms with Gasteiger partial charge in [-0.15, -0.1) is 0 Å². The molecule has 4 rings (SSSR count). The van der Waals surface area contributed by atoms with Crippen LogP contribution in [-0.2, 0) is 4.79 Å². The molecule has 0 unspecified atom stereocenters. The zero-order chi connectivity index (χ0) is 20.6. The van der Waals surface area contributed by atoms with Gasteiger partial charge >= 0.3 is 0 Å². The Hall–Kier alpha value is -1.92. The van der Waals surface area contributed by atoms with Crippen molar-refractivity contribution in [2.75, 3.05) is 5.32 Å². The molecule has 0 saturated heterocycles. The number of benzene rings is 2. The van der Waals surface area contributed by atoms with E-state index in [0.717, 1.165) is 52.9 Å². The van der Waals surface area contributed by atoms with Gasteiger partial charge in [0, 0.05) is 25.9 Å². The van der Waals surface area contributed by atoms with Crippen LogP contribution >= 0.6 is 22.6 Å². The van der Waals surface area contributed by atoms with E-state index >= 15 is 0 Å². The van der Waals surface area contributed by atoms with Crippen molar-refractivity contribution in [2.45, 2.75) is 45.6 Å². The number of allylic oxidation sites excluding steroid dienone is 2. The molecule has 4 heteroatoms. The zero-order valence-electron chi connectivity index (χ0n) is 16.8. The smallest absolute Gasteiger partial charge is 0.184 e. The molecule has 2 aromatic carbocycles. The number of carbonyl (C=O) groups is 1. The van der Waals surface area contributed by atoms with Gasteiger partial charge in [-0.05, 0) is 109 Å². The first-order valence-electron chi connectivity index (χ1n) is 10.1. The molecule has 2 atom stereocenters. The van der Waals surface area contributed by atoms with E-state index in [1.807, 2.05) is 37.3 Å². The Bertz CT molecular complexity index is 988. The van der Waals surface area contributed by atoms with Crippen molar-refractivity contribution in [1.82, 2.24) is 0 Å². The highest BCUT2D eigenvalue weighted by atomic mass is 127. The van der Waals surface area contributed by atoms with E-state index in [9.17, 15) is 9.90 Å². The lowest BCUT2D eigenvalue weighted by molar-refractivity contribution is -0.113. The fourth-order valence-corrected chi connectivity index (χ4v) is 5.01. The fraction of sp³-hybridized carbons (Fsp3) is 0.320. The van der Waals surface area contributed by atoms with Crippen LogP contribution in [0.15, 0.2) is 65.3 Å². The summed E-state index contributed by atoms with van der Waals surface area (Å²) < 4.78 is 1.21. The molecule has 2 aliphatic rings. The average Bonchev–Trinajstić information content (AvgIpc) is 2.71. The summed E-state index contributed by atoms with van der Waals surface area (Å²) in [6.07, 6.45) is 4.93. The first kappa shape index (κ1) is 20.4. The third-order valence-corrected chi connectivity index (χ3v) is 7.08. The Kier molecular flexibility index (Phi) is 5.67. The molecule has 0 bridgehead atoms. The molecular weight excluding hydrogens is 473 g/mol. The van der Waals surface area contributed by atoms with Crippen LogP contribution in [0, 0.1) is 8.99 Å². The molecule has 0 amide bonds. The number of rotatable bonds is 3. The number of Topliss-reactive ketones (excluding diaryl/α,β-unsaturated/α-hetero) is 1. The van der Waals surface area contributed by atoms with Crippen molar-refractivity contribution < 1.29 is 9.90 Å². The first-order chi connectivity index (χ1) is 13.9. The van der Waals surface area contributed by atoms with Gasteiger partial charge in [-0.2, -0.15) is 0 Å². The molecule has 0 aromatic heterocycles. The van der Waals surface area contributed by atoms with Gasteiger partial charge in [-0.1, -0.05) is 24.6 Å². The monoisotopic (exact) mass is 499 g/mol. The van der Waals surface area contributed by atoms with Crippen molar-refractivity contribution in [1.29, 1.82) is 0 Å². The van der Waals surface area contributed by atoms with E-state index in [1.165, 1.54) is 3.57 Å². The standard InChI is InChI=1S/C25H26INO2/c1-16-22-4-3-5-23(28)25(22,2)15-18(24(16)29)14-17-6-10-20(11-7-17)27-21-12-8-19(26)9-13-21/h6-14,23,27-28H,3-5,15H2,1-2H3/t23-,25-/m0/s1. The van der Waals surface area contributed by atoms with Crippen molar-refractivity contribution in [2.24, 2.45) is 5.41 Å². The second kappa shape index (κ2) is 8.07. The summed E-state index contributed by atoms with van der Waals surface area (Å²) in [6, 6.07) is 16.4. The number of nitrogens with one attached hydrogen (secondary N) is 1. The molecule has 3 nitrogen and oxygen atoms in total. The molecule has 2 aromatic rings. The maximum Gasteiger partial charge on any atom is 0.184 e. The van der Waals surface area contributed by atoms with Crippen molar-refractivity contribution in [3.05, 3.63) is 74.4 Å². The number of fused-ring (bicyclic) bond motifs is 1. The van der Waals surface area contributed by atoms with E-state index in [4.69, 9.17) is 0 Å². The summed E-state index contributed by atoms with van der Waals surface area (Å²) in [5.74, 6) is 0.132. The third-order valence-electron chi connectivity index (χ3n) is 6.36. The lowest BCUT2D eigenvalue weighted by Gasteiger charge is -2.45. The number of anilines is 2. The summed E-state index contributed by atoms with van der Waals surface area (Å²) in [6.45, 7) is 4.04. The number of hydrogen-bond acceptors (Lipinski definition) is 3. The molecule has 2 aliphatic carbocycles. The molecule has 2 N–H and O–H groups in total. The highest BCUT2D eigenvalue weighted by molar-refractivity contribution is 14.1. The molecule has 0 aliphatic heterocycles. The molecule has 150 valence electrons. The minimum absolute atomic E-state index is 0.132. The predicted molar refractivity (Wildman–Crippen MR) is 127 cm³/mol. The maximum absolute atomic E-state index is 12.9. The van der Waals surface area contributed by atoms with Crippen molar-refractivity contribution in [3.63, 3.8) is 0 Å². The number of ketones is 1. The fourth-order valence-electron chi connectivity index (χ4n) is 4.65. The summed E-state index contributed by atoms with van der Waals surface area (Å²) in [5.41, 5.74) is 5.55. The average molecular weight is 499 g/mol. The number of aliphatic hydroxyl groups excluding tert-OH is 1. The Morgan fingerprint density at radius 1 is 1.10 bits per heavy atom. The van der Waals surface area contributed by atoms with Gasteiger partial charge in [0.15, 0.2) is 5.78 Å². The van der Waals surface area contributed by atoms with E-state index in [1.54, 1.807) is 0 Å². The van der Waals surface area contributed by atoms with E-state index in [-0.39, 0.29) is 17.3 Å². The van der Waals surface area contributed by atoms with Crippen LogP contribution in [0.4, 0.5) is 11.4 Å². The van der Waals surface area contributed by atoms with Crippen molar-refractivity contribution in [3.8, 4) is 0 Å². The quantitative estimate of drug-likeness (QED) is 0.387. The lowest BCUT2D eigenvalue weighted by atomic mass is 9.61. The molecule has 0 heterocycles. The topological polar surface area (TPSA) is 49.3 Å². The van der Waals surface area contributed by atoms with E-state index in [2.05, 4.69) is 59.1 Å². The number of hydrogen-bond donors (Lipinski definition) is 2. The minimum Gasteiger partial charge on any atom is -0.392 e. The van der Waals surface area contributed by atoms with Gasteiger partial charge in [-0.3, -0.25) is 4.79 Å². The SMILES string of the molecule is CC1=C2CCC[C@H](O)[C@@]2(C)CC(=Cc2ccc(Nc3ccc(I)cc3)cc2)C1=O. The van der Waals surface area contributed by atoms with Crippen LogP contribution in [0.1, 0.15) is 45.1 Å². The summed E-state index contributed by atoms with van der Waals surface area (Å²) in [4.78, 5) is 12.9. The highest BCUT2D eigenvalue weighted by Crippen LogP contribution is 2.50. The van der Waals surface area contributed by atoms with Crippen LogP contribution in [0.25, 0.3) is 6.08 Å². The van der Waals surface area contributed by atoms with Crippen LogP contribution in [0.5, 0.6) is 0 Å². The Morgan fingerprint density at radius 3 is 2.38 bits per heavy atom. The summed E-state index contributed by atoms with van der Waals surface area (Å²) >= 11 is 2.29. The van der Waals surface area contributed by atoms with Crippen molar-refractivity contribution >= 4 is 45.8 Å². The minimum atomic E-state index is -0.377. The second-order valence-corrected chi connectivity index (χ2v) is 9.60. The van der Waals surface area contributed by atoms with Gasteiger partial charge in [0.05, 0.1) is 6.10 Å². The molecule has 1 fully saturated rings. The summed E-state index contributed by atoms with van der Waals surface area (Å²) in [7, 11) is 0. The van der Waals surface area contributed by atoms with Gasteiger partial charge < -0.3 is 10.4 Å². The largest absolute Gasteiger partial charge is 0.392 e. The third kappa shape index (κ3) is 4.05. The first-order valence-corrected chi connectivity index (χ1v) is 11.2. The van der Waals surface area contributed by atoms with E-state index < -0.39 is 0 Å². The Labute approximate surface area is 186 Å². The molecular formula is C25H26INO2. The van der Waals surface area contributed by atoms with Gasteiger partial charge in [-0.25, -0.2) is 0 Å². The van der Waals surface area contributed by atoms with Gasteiger partial charge in [0.2, 0.25) is 0 Å². The lowest BCUT2D eigenvalue weighted by Crippen LogP contribution is -2.42. The number of carbonyl (C=O) groups excluding carboxylic acids is 1. The van der Waals surface area contributed by atoms with E-state index in [0.29, 0.717) is 6.42 Å².